The van der Waals surface area contributed by atoms with Crippen molar-refractivity contribution < 1.29 is 0 Å². The van der Waals surface area contributed by atoms with Crippen molar-refractivity contribution >= 4 is 29.9 Å². The minimum atomic E-state index is 0. The number of nitrogens with one attached hydrogen (secondary N) is 1. The van der Waals surface area contributed by atoms with Crippen molar-refractivity contribution in [1.29, 1.82) is 0 Å². The van der Waals surface area contributed by atoms with Crippen LogP contribution in [0, 0.1) is 11.8 Å². The van der Waals surface area contributed by atoms with Crippen molar-refractivity contribution in [3.8, 4) is 0 Å². The minimum Gasteiger partial charge on any atom is -0.370 e. The average Bonchev–Trinajstić information content (AvgIpc) is 2.40. The van der Waals surface area contributed by atoms with E-state index in [9.17, 15) is 0 Å². The molecule has 1 heterocycles. The summed E-state index contributed by atoms with van der Waals surface area (Å²) in [7, 11) is 2.21. The van der Waals surface area contributed by atoms with Crippen LogP contribution in [0.1, 0.15) is 59.3 Å². The molecule has 22 heavy (non-hydrogen) atoms. The Hall–Kier alpha value is -0.0400. The lowest BCUT2D eigenvalue weighted by atomic mass is 9.94. The molecular weight excluding hydrogens is 387 g/mol. The normalized spacial score (nSPS) is 19.0. The van der Waals surface area contributed by atoms with E-state index in [2.05, 4.69) is 43.0 Å². The first-order chi connectivity index (χ1) is 9.97. The molecule has 1 rings (SSSR count). The van der Waals surface area contributed by atoms with E-state index >= 15 is 0 Å². The van der Waals surface area contributed by atoms with Crippen LogP contribution in [0.2, 0.25) is 0 Å². The first-order valence-electron chi connectivity index (χ1n) is 8.72. The van der Waals surface area contributed by atoms with Crippen LogP contribution in [0.5, 0.6) is 0 Å². The summed E-state index contributed by atoms with van der Waals surface area (Å²) >= 11 is 0. The van der Waals surface area contributed by atoms with Gasteiger partial charge in [-0.15, -0.1) is 24.0 Å². The van der Waals surface area contributed by atoms with Gasteiger partial charge in [-0.2, -0.15) is 0 Å². The van der Waals surface area contributed by atoms with Gasteiger partial charge in [-0.05, 0) is 64.6 Å². The van der Waals surface area contributed by atoms with E-state index < -0.39 is 0 Å². The second kappa shape index (κ2) is 12.4. The highest BCUT2D eigenvalue weighted by molar-refractivity contribution is 14.0. The number of nitrogens with zero attached hydrogens (tertiary/aromatic N) is 2. The molecule has 0 aromatic heterocycles. The Morgan fingerprint density at radius 3 is 2.45 bits per heavy atom. The molecule has 132 valence electrons. The third-order valence-electron chi connectivity index (χ3n) is 4.47. The molecule has 1 unspecified atom stereocenters. The summed E-state index contributed by atoms with van der Waals surface area (Å²) < 4.78 is 0. The van der Waals surface area contributed by atoms with Gasteiger partial charge in [0.25, 0.3) is 0 Å². The highest BCUT2D eigenvalue weighted by atomic mass is 127. The monoisotopic (exact) mass is 424 g/mol. The van der Waals surface area contributed by atoms with Gasteiger partial charge in [0, 0.05) is 12.6 Å². The van der Waals surface area contributed by atoms with Crippen molar-refractivity contribution in [3.63, 3.8) is 0 Å². The van der Waals surface area contributed by atoms with Crippen LogP contribution < -0.4 is 11.1 Å². The Labute approximate surface area is 154 Å². The first kappa shape index (κ1) is 22.0. The van der Waals surface area contributed by atoms with E-state index in [1.165, 1.54) is 51.6 Å². The number of rotatable bonds is 8. The SMILES string of the molecule is CC(C)CCCC(C)NC(N)=NCCC1CCN(C)CC1.I. The van der Waals surface area contributed by atoms with E-state index in [1.807, 2.05) is 0 Å². The Balaban J connectivity index is 0.00000441. The van der Waals surface area contributed by atoms with Gasteiger partial charge in [-0.1, -0.05) is 26.7 Å². The number of hydrogen-bond acceptors (Lipinski definition) is 2. The van der Waals surface area contributed by atoms with E-state index in [0.717, 1.165) is 18.4 Å². The summed E-state index contributed by atoms with van der Waals surface area (Å²) in [5.74, 6) is 2.25. The van der Waals surface area contributed by atoms with Crippen LogP contribution in [0.25, 0.3) is 0 Å². The van der Waals surface area contributed by atoms with Crippen LogP contribution in [0.3, 0.4) is 0 Å². The van der Waals surface area contributed by atoms with Gasteiger partial charge in [0.15, 0.2) is 5.96 Å². The lowest BCUT2D eigenvalue weighted by Crippen LogP contribution is -2.38. The van der Waals surface area contributed by atoms with Gasteiger partial charge in [-0.25, -0.2) is 0 Å². The second-order valence-electron chi connectivity index (χ2n) is 7.17. The summed E-state index contributed by atoms with van der Waals surface area (Å²) in [5.41, 5.74) is 5.97. The number of guanidine groups is 1. The lowest BCUT2D eigenvalue weighted by molar-refractivity contribution is 0.214. The molecule has 0 aromatic rings. The fourth-order valence-electron chi connectivity index (χ4n) is 2.92. The summed E-state index contributed by atoms with van der Waals surface area (Å²) in [6, 6.07) is 0.427. The molecule has 1 atom stereocenters. The fourth-order valence-corrected chi connectivity index (χ4v) is 2.92. The van der Waals surface area contributed by atoms with Gasteiger partial charge in [0.05, 0.1) is 0 Å². The highest BCUT2D eigenvalue weighted by Crippen LogP contribution is 2.19. The third-order valence-corrected chi connectivity index (χ3v) is 4.47. The fraction of sp³-hybridized carbons (Fsp3) is 0.941. The van der Waals surface area contributed by atoms with Crippen molar-refractivity contribution in [2.75, 3.05) is 26.7 Å². The number of hydrogen-bond donors (Lipinski definition) is 2. The van der Waals surface area contributed by atoms with Crippen molar-refractivity contribution in [2.24, 2.45) is 22.6 Å². The number of likely N-dealkylation sites (tertiary alicyclic amines) is 1. The summed E-state index contributed by atoms with van der Waals surface area (Å²) in [6.45, 7) is 10.1. The van der Waals surface area contributed by atoms with E-state index in [4.69, 9.17) is 5.73 Å². The standard InChI is InChI=1S/C17H36N4.HI/c1-14(2)6-5-7-15(3)20-17(18)19-11-8-16-9-12-21(4)13-10-16;/h14-16H,5-13H2,1-4H3,(H3,18,19,20);1H. The molecule has 0 amide bonds. The Morgan fingerprint density at radius 1 is 1.23 bits per heavy atom. The third kappa shape index (κ3) is 10.6. The molecule has 1 aliphatic rings. The average molecular weight is 424 g/mol. The zero-order valence-electron chi connectivity index (χ0n) is 15.0. The van der Waals surface area contributed by atoms with Gasteiger partial charge >= 0.3 is 0 Å². The molecule has 0 bridgehead atoms. The maximum Gasteiger partial charge on any atom is 0.188 e. The molecule has 0 aliphatic carbocycles. The predicted octanol–water partition coefficient (Wildman–Crippen LogP) is 3.46. The number of aliphatic imine (C=N–C) groups is 1. The summed E-state index contributed by atoms with van der Waals surface area (Å²) in [4.78, 5) is 6.90. The van der Waals surface area contributed by atoms with Gasteiger partial charge < -0.3 is 16.0 Å². The van der Waals surface area contributed by atoms with Crippen molar-refractivity contribution in [3.05, 3.63) is 0 Å². The molecule has 1 fully saturated rings. The van der Waals surface area contributed by atoms with Crippen molar-refractivity contribution in [1.82, 2.24) is 10.2 Å². The van der Waals surface area contributed by atoms with Gasteiger partial charge in [0.1, 0.15) is 0 Å². The minimum absolute atomic E-state index is 0. The predicted molar refractivity (Wildman–Crippen MR) is 108 cm³/mol. The second-order valence-corrected chi connectivity index (χ2v) is 7.17. The topological polar surface area (TPSA) is 53.6 Å². The van der Waals surface area contributed by atoms with Crippen LogP contribution in [0.4, 0.5) is 0 Å². The molecule has 0 aromatic carbocycles. The van der Waals surface area contributed by atoms with E-state index in [-0.39, 0.29) is 24.0 Å². The largest absolute Gasteiger partial charge is 0.370 e. The zero-order valence-corrected chi connectivity index (χ0v) is 17.3. The summed E-state index contributed by atoms with van der Waals surface area (Å²) in [5, 5.41) is 3.32. The number of halogens is 1. The molecular formula is C17H37IN4. The first-order valence-corrected chi connectivity index (χ1v) is 8.72. The summed E-state index contributed by atoms with van der Waals surface area (Å²) in [6.07, 6.45) is 7.52. The molecule has 0 saturated carbocycles. The Morgan fingerprint density at radius 2 is 1.86 bits per heavy atom. The van der Waals surface area contributed by atoms with E-state index in [0.29, 0.717) is 12.0 Å². The van der Waals surface area contributed by atoms with Crippen molar-refractivity contribution in [2.45, 2.75) is 65.3 Å². The zero-order chi connectivity index (χ0) is 15.7. The number of piperidine rings is 1. The van der Waals surface area contributed by atoms with Crippen LogP contribution in [-0.4, -0.2) is 43.6 Å². The van der Waals surface area contributed by atoms with Gasteiger partial charge in [-0.3, -0.25) is 4.99 Å². The molecule has 3 N–H and O–H groups in total. The molecule has 0 spiro atoms. The van der Waals surface area contributed by atoms with E-state index in [1.54, 1.807) is 0 Å². The maximum atomic E-state index is 5.97. The van der Waals surface area contributed by atoms with Crippen LogP contribution in [-0.2, 0) is 0 Å². The lowest BCUT2D eigenvalue weighted by Gasteiger charge is -2.28. The Kier molecular flexibility index (Phi) is 12.4. The molecule has 4 nitrogen and oxygen atoms in total. The maximum absolute atomic E-state index is 5.97. The van der Waals surface area contributed by atoms with Crippen LogP contribution in [0.15, 0.2) is 4.99 Å². The number of nitrogens with two attached hydrogens (primary N) is 1. The Bertz CT molecular complexity index is 299. The molecule has 1 aliphatic heterocycles. The van der Waals surface area contributed by atoms with Crippen LogP contribution >= 0.6 is 24.0 Å². The molecule has 1 saturated heterocycles. The highest BCUT2D eigenvalue weighted by Gasteiger charge is 2.15. The molecule has 5 heteroatoms. The quantitative estimate of drug-likeness (QED) is 0.357. The smallest absolute Gasteiger partial charge is 0.188 e. The van der Waals surface area contributed by atoms with Gasteiger partial charge in [0.2, 0.25) is 0 Å². The molecule has 0 radical (unpaired) electrons.